The summed E-state index contributed by atoms with van der Waals surface area (Å²) in [6.07, 6.45) is 9.93. The van der Waals surface area contributed by atoms with Crippen LogP contribution in [0, 0.1) is 0 Å². The Bertz CT molecular complexity index is 1420. The van der Waals surface area contributed by atoms with E-state index in [1.165, 1.54) is 0 Å². The number of ether oxygens (including phenoxy) is 6. The molecular formula is C33H42N6O6. The minimum absolute atomic E-state index is 0.0270. The number of anilines is 3. The molecule has 2 unspecified atom stereocenters. The number of benzene rings is 2. The quantitative estimate of drug-likeness (QED) is 0.122. The minimum atomic E-state index is 0.0270. The van der Waals surface area contributed by atoms with Crippen LogP contribution in [-0.2, 0) is 18.9 Å². The van der Waals surface area contributed by atoms with E-state index < -0.39 is 0 Å². The maximum atomic E-state index is 5.81. The van der Waals surface area contributed by atoms with Gasteiger partial charge in [-0.2, -0.15) is 0 Å². The molecule has 0 amide bonds. The highest BCUT2D eigenvalue weighted by Crippen LogP contribution is 2.33. The van der Waals surface area contributed by atoms with Gasteiger partial charge >= 0.3 is 0 Å². The van der Waals surface area contributed by atoms with Crippen molar-refractivity contribution >= 4 is 29.5 Å². The molecule has 0 aliphatic carbocycles. The van der Waals surface area contributed by atoms with E-state index in [2.05, 4.69) is 44.4 Å². The lowest BCUT2D eigenvalue weighted by molar-refractivity contribution is 0.0139. The predicted molar refractivity (Wildman–Crippen MR) is 177 cm³/mol. The minimum Gasteiger partial charge on any atom is -0.497 e. The lowest BCUT2D eigenvalue weighted by Gasteiger charge is -2.25. The van der Waals surface area contributed by atoms with E-state index in [-0.39, 0.29) is 12.2 Å². The monoisotopic (exact) mass is 618 g/mol. The summed E-state index contributed by atoms with van der Waals surface area (Å²) in [4.78, 5) is 4.07. The molecular weight excluding hydrogens is 576 g/mol. The Morgan fingerprint density at radius 1 is 0.867 bits per heavy atom. The Morgan fingerprint density at radius 3 is 2.31 bits per heavy atom. The molecule has 0 spiro atoms. The molecule has 0 saturated heterocycles. The fraction of sp³-hybridized carbons (Fsp3) is 0.364. The molecule has 45 heavy (non-hydrogen) atoms. The van der Waals surface area contributed by atoms with Crippen LogP contribution in [-0.4, -0.2) is 85.9 Å². The number of nitrogens with one attached hydrogen (secondary N) is 5. The first-order chi connectivity index (χ1) is 22.1. The first kappa shape index (κ1) is 31.6. The van der Waals surface area contributed by atoms with Gasteiger partial charge in [-0.3, -0.25) is 4.99 Å². The van der Waals surface area contributed by atoms with Crippen LogP contribution in [0.2, 0.25) is 0 Å². The fourth-order valence-electron chi connectivity index (χ4n) is 4.84. The highest BCUT2D eigenvalue weighted by atomic mass is 16.6. The Hall–Kier alpha value is -4.81. The summed E-state index contributed by atoms with van der Waals surface area (Å²) >= 11 is 0. The van der Waals surface area contributed by atoms with Gasteiger partial charge in [-0.05, 0) is 49.2 Å². The number of nitrogens with zero attached hydrogens (tertiary/aromatic N) is 1. The van der Waals surface area contributed by atoms with Crippen molar-refractivity contribution in [1.29, 1.82) is 0 Å². The van der Waals surface area contributed by atoms with Crippen molar-refractivity contribution in [3.8, 4) is 11.5 Å². The molecule has 0 fully saturated rings. The molecule has 5 rings (SSSR count). The number of hydrogen-bond acceptors (Lipinski definition) is 12. The fourth-order valence-corrected chi connectivity index (χ4v) is 4.84. The number of hydrogen-bond donors (Lipinski definition) is 5. The highest BCUT2D eigenvalue weighted by molar-refractivity contribution is 5.76. The van der Waals surface area contributed by atoms with Gasteiger partial charge in [0, 0.05) is 24.0 Å². The zero-order chi connectivity index (χ0) is 31.3. The predicted octanol–water partition coefficient (Wildman–Crippen LogP) is 4.12. The molecule has 12 heteroatoms. The summed E-state index contributed by atoms with van der Waals surface area (Å²) in [5.74, 6) is 3.19. The maximum Gasteiger partial charge on any atom is 0.134 e. The molecule has 0 bridgehead atoms. The Morgan fingerprint density at radius 2 is 1.60 bits per heavy atom. The summed E-state index contributed by atoms with van der Waals surface area (Å²) in [7, 11) is 3.29. The SMILES string of the molecule is C=Nc1cc(OC)ccc1NCC1=CC=C(OCCOCCOCCOC2=CNC(C3Nc4ccc(OC)cc4N3)C=C2)CN1. The normalized spacial score (nSPS) is 18.0. The van der Waals surface area contributed by atoms with Crippen molar-refractivity contribution in [3.63, 3.8) is 0 Å². The molecule has 0 radical (unpaired) electrons. The lowest BCUT2D eigenvalue weighted by atomic mass is 10.1. The smallest absolute Gasteiger partial charge is 0.134 e. The van der Waals surface area contributed by atoms with Crippen LogP contribution in [0.5, 0.6) is 11.5 Å². The molecule has 0 saturated carbocycles. The van der Waals surface area contributed by atoms with E-state index in [1.807, 2.05) is 60.8 Å². The van der Waals surface area contributed by atoms with Crippen LogP contribution < -0.4 is 36.1 Å². The van der Waals surface area contributed by atoms with Crippen LogP contribution in [0.25, 0.3) is 0 Å². The van der Waals surface area contributed by atoms with E-state index in [0.717, 1.165) is 51.5 Å². The van der Waals surface area contributed by atoms with E-state index in [4.69, 9.17) is 28.4 Å². The third-order valence-corrected chi connectivity index (χ3v) is 7.28. The van der Waals surface area contributed by atoms with Crippen molar-refractivity contribution in [2.45, 2.75) is 12.2 Å². The van der Waals surface area contributed by atoms with E-state index >= 15 is 0 Å². The van der Waals surface area contributed by atoms with Crippen molar-refractivity contribution in [2.24, 2.45) is 4.99 Å². The highest BCUT2D eigenvalue weighted by Gasteiger charge is 2.27. The summed E-state index contributed by atoms with van der Waals surface area (Å²) in [6, 6.07) is 11.7. The third-order valence-electron chi connectivity index (χ3n) is 7.28. The van der Waals surface area contributed by atoms with E-state index in [1.54, 1.807) is 14.2 Å². The number of allylic oxidation sites excluding steroid dienone is 3. The average Bonchev–Trinajstić information content (AvgIpc) is 3.52. The largest absolute Gasteiger partial charge is 0.497 e. The molecule has 12 nitrogen and oxygen atoms in total. The first-order valence-corrected chi connectivity index (χ1v) is 14.9. The van der Waals surface area contributed by atoms with Gasteiger partial charge in [-0.25, -0.2) is 0 Å². The van der Waals surface area contributed by atoms with E-state index in [0.29, 0.717) is 52.7 Å². The summed E-state index contributed by atoms with van der Waals surface area (Å²) in [6.45, 7) is 7.74. The van der Waals surface area contributed by atoms with Crippen molar-refractivity contribution in [3.05, 3.63) is 84.1 Å². The van der Waals surface area contributed by atoms with Gasteiger partial charge in [0.25, 0.3) is 0 Å². The zero-order valence-corrected chi connectivity index (χ0v) is 25.8. The number of rotatable bonds is 18. The second kappa shape index (κ2) is 16.3. The Kier molecular flexibility index (Phi) is 11.5. The summed E-state index contributed by atoms with van der Waals surface area (Å²) in [5, 5.41) is 17.1. The number of dihydropyridines is 2. The molecule has 3 heterocycles. The second-order valence-corrected chi connectivity index (χ2v) is 10.3. The lowest BCUT2D eigenvalue weighted by Crippen LogP contribution is -2.44. The second-order valence-electron chi connectivity index (χ2n) is 10.3. The maximum absolute atomic E-state index is 5.81. The van der Waals surface area contributed by atoms with Crippen LogP contribution in [0.15, 0.2) is 89.1 Å². The van der Waals surface area contributed by atoms with Crippen molar-refractivity contribution in [2.75, 3.05) is 82.9 Å². The van der Waals surface area contributed by atoms with Gasteiger partial charge in [0.1, 0.15) is 42.4 Å². The number of fused-ring (bicyclic) bond motifs is 1. The first-order valence-electron chi connectivity index (χ1n) is 14.9. The van der Waals surface area contributed by atoms with Gasteiger partial charge in [0.15, 0.2) is 0 Å². The molecule has 2 atom stereocenters. The molecule has 2 aromatic carbocycles. The summed E-state index contributed by atoms with van der Waals surface area (Å²) in [5.41, 5.74) is 4.76. The average molecular weight is 619 g/mol. The van der Waals surface area contributed by atoms with Gasteiger partial charge in [-0.1, -0.05) is 6.08 Å². The van der Waals surface area contributed by atoms with Gasteiger partial charge in [0.05, 0.1) is 82.5 Å². The number of aliphatic imine (C=N–C) groups is 1. The number of methoxy groups -OCH3 is 2. The molecule has 3 aliphatic heterocycles. The Labute approximate surface area is 264 Å². The zero-order valence-electron chi connectivity index (χ0n) is 25.8. The van der Waals surface area contributed by atoms with Crippen LogP contribution in [0.4, 0.5) is 22.7 Å². The standard InChI is InChI=1S/C33H42N6O6/c1-34-31-18-24(40-2)6-9-28(31)36-20-23-4-5-26(21-35-23)44-16-14-42-12-13-43-15-17-45-27-8-11-30(37-22-27)33-38-29-10-7-25(41-3)19-32(29)39-33/h4-11,18-19,22,30,33,35-39H,1,12-17,20-21H2,2-3H3. The van der Waals surface area contributed by atoms with Gasteiger partial charge < -0.3 is 55.0 Å². The molecule has 240 valence electrons. The van der Waals surface area contributed by atoms with Gasteiger partial charge in [0.2, 0.25) is 0 Å². The molecule has 0 aromatic heterocycles. The molecule has 3 aliphatic rings. The van der Waals surface area contributed by atoms with Crippen LogP contribution >= 0.6 is 0 Å². The Balaban J connectivity index is 0.869. The van der Waals surface area contributed by atoms with Gasteiger partial charge in [-0.15, -0.1) is 0 Å². The van der Waals surface area contributed by atoms with Crippen molar-refractivity contribution < 1.29 is 28.4 Å². The molecule has 5 N–H and O–H groups in total. The van der Waals surface area contributed by atoms with Crippen LogP contribution in [0.1, 0.15) is 0 Å². The summed E-state index contributed by atoms with van der Waals surface area (Å²) < 4.78 is 33.4. The van der Waals surface area contributed by atoms with E-state index in [9.17, 15) is 0 Å². The molecule has 2 aromatic rings. The third kappa shape index (κ3) is 9.10. The topological polar surface area (TPSA) is 128 Å². The van der Waals surface area contributed by atoms with Crippen LogP contribution in [0.3, 0.4) is 0 Å². The van der Waals surface area contributed by atoms with Crippen molar-refractivity contribution in [1.82, 2.24) is 10.6 Å².